The standard InChI is InChI=1S/C12H22N2O4/c1-2-13(9-11(16)17)12(18)14(7-4-8-15)10-5-3-6-10/h10,15H,2-9H2,1H3,(H,16,17). The number of aliphatic carboxylic acids is 1. The van der Waals surface area contributed by atoms with Crippen molar-refractivity contribution in [1.29, 1.82) is 0 Å². The second-order valence-corrected chi connectivity index (χ2v) is 4.55. The maximum Gasteiger partial charge on any atom is 0.323 e. The average molecular weight is 258 g/mol. The highest BCUT2D eigenvalue weighted by molar-refractivity contribution is 5.80. The maximum absolute atomic E-state index is 12.3. The largest absolute Gasteiger partial charge is 0.480 e. The first kappa shape index (κ1) is 14.8. The first-order valence-corrected chi connectivity index (χ1v) is 6.48. The van der Waals surface area contributed by atoms with Crippen molar-refractivity contribution < 1.29 is 19.8 Å². The Balaban J connectivity index is 2.63. The molecule has 1 saturated carbocycles. The van der Waals surface area contributed by atoms with E-state index in [1.54, 1.807) is 11.8 Å². The van der Waals surface area contributed by atoms with Crippen LogP contribution in [-0.4, -0.2) is 64.3 Å². The summed E-state index contributed by atoms with van der Waals surface area (Å²) in [6, 6.07) is -0.00931. The molecule has 0 unspecified atom stereocenters. The van der Waals surface area contributed by atoms with Crippen LogP contribution in [0, 0.1) is 0 Å². The quantitative estimate of drug-likeness (QED) is 0.706. The lowest BCUT2D eigenvalue weighted by atomic mass is 9.91. The molecule has 0 aromatic rings. The van der Waals surface area contributed by atoms with Crippen LogP contribution in [0.3, 0.4) is 0 Å². The van der Waals surface area contributed by atoms with Gasteiger partial charge in [0, 0.05) is 25.7 Å². The molecular formula is C12H22N2O4. The topological polar surface area (TPSA) is 81.1 Å². The second-order valence-electron chi connectivity index (χ2n) is 4.55. The Kier molecular flexibility index (Phi) is 5.91. The molecule has 1 fully saturated rings. The number of carbonyl (C=O) groups is 2. The van der Waals surface area contributed by atoms with Crippen molar-refractivity contribution in [1.82, 2.24) is 9.80 Å². The van der Waals surface area contributed by atoms with Crippen molar-refractivity contribution in [3.05, 3.63) is 0 Å². The molecule has 0 saturated heterocycles. The number of likely N-dealkylation sites (N-methyl/N-ethyl adjacent to an activating group) is 1. The lowest BCUT2D eigenvalue weighted by Crippen LogP contribution is -2.52. The summed E-state index contributed by atoms with van der Waals surface area (Å²) in [5.74, 6) is -0.999. The van der Waals surface area contributed by atoms with Gasteiger partial charge in [-0.3, -0.25) is 4.79 Å². The zero-order valence-corrected chi connectivity index (χ0v) is 10.8. The van der Waals surface area contributed by atoms with Crippen LogP contribution in [0.15, 0.2) is 0 Å². The van der Waals surface area contributed by atoms with Crippen molar-refractivity contribution in [3.8, 4) is 0 Å². The molecule has 6 nitrogen and oxygen atoms in total. The number of aliphatic hydroxyl groups excluding tert-OH is 1. The molecule has 18 heavy (non-hydrogen) atoms. The fourth-order valence-corrected chi connectivity index (χ4v) is 2.03. The van der Waals surface area contributed by atoms with Gasteiger partial charge in [-0.15, -0.1) is 0 Å². The van der Waals surface area contributed by atoms with Crippen LogP contribution in [0.25, 0.3) is 0 Å². The van der Waals surface area contributed by atoms with Gasteiger partial charge in [-0.1, -0.05) is 0 Å². The second kappa shape index (κ2) is 7.20. The third-order valence-electron chi connectivity index (χ3n) is 3.30. The molecule has 1 rings (SSSR count). The Morgan fingerprint density at radius 2 is 2.00 bits per heavy atom. The van der Waals surface area contributed by atoms with Gasteiger partial charge in [0.2, 0.25) is 0 Å². The zero-order chi connectivity index (χ0) is 13.5. The highest BCUT2D eigenvalue weighted by Crippen LogP contribution is 2.25. The molecule has 1 aliphatic carbocycles. The number of hydrogen-bond acceptors (Lipinski definition) is 3. The number of aliphatic hydroxyl groups is 1. The van der Waals surface area contributed by atoms with Crippen molar-refractivity contribution in [2.75, 3.05) is 26.2 Å². The highest BCUT2D eigenvalue weighted by atomic mass is 16.4. The van der Waals surface area contributed by atoms with E-state index in [0.717, 1.165) is 19.3 Å². The van der Waals surface area contributed by atoms with Crippen LogP contribution in [0.1, 0.15) is 32.6 Å². The van der Waals surface area contributed by atoms with Crippen LogP contribution in [0.2, 0.25) is 0 Å². The summed E-state index contributed by atoms with van der Waals surface area (Å²) in [5.41, 5.74) is 0. The summed E-state index contributed by atoms with van der Waals surface area (Å²) >= 11 is 0. The van der Waals surface area contributed by atoms with E-state index in [9.17, 15) is 9.59 Å². The first-order chi connectivity index (χ1) is 8.60. The van der Waals surface area contributed by atoms with E-state index in [2.05, 4.69) is 0 Å². The number of carbonyl (C=O) groups excluding carboxylic acids is 1. The number of rotatable bonds is 7. The van der Waals surface area contributed by atoms with Gasteiger partial charge in [0.05, 0.1) is 0 Å². The van der Waals surface area contributed by atoms with Gasteiger partial charge in [0.25, 0.3) is 0 Å². The molecule has 1 aliphatic rings. The number of urea groups is 1. The summed E-state index contributed by atoms with van der Waals surface area (Å²) in [6.07, 6.45) is 3.59. The molecule has 0 spiro atoms. The van der Waals surface area contributed by atoms with Crippen LogP contribution >= 0.6 is 0 Å². The third-order valence-corrected chi connectivity index (χ3v) is 3.30. The Morgan fingerprint density at radius 3 is 2.39 bits per heavy atom. The van der Waals surface area contributed by atoms with Crippen LogP contribution in [0.4, 0.5) is 4.79 Å². The summed E-state index contributed by atoms with van der Waals surface area (Å²) in [5, 5.41) is 17.6. The predicted molar refractivity (Wildman–Crippen MR) is 66.3 cm³/mol. The molecule has 0 radical (unpaired) electrons. The average Bonchev–Trinajstić information content (AvgIpc) is 2.27. The summed E-state index contributed by atoms with van der Waals surface area (Å²) < 4.78 is 0. The molecule has 6 heteroatoms. The van der Waals surface area contributed by atoms with Crippen LogP contribution in [0.5, 0.6) is 0 Å². The molecule has 0 aromatic carbocycles. The summed E-state index contributed by atoms with van der Waals surface area (Å²) in [4.78, 5) is 26.0. The van der Waals surface area contributed by atoms with Crippen molar-refractivity contribution in [2.24, 2.45) is 0 Å². The van der Waals surface area contributed by atoms with Crippen LogP contribution < -0.4 is 0 Å². The monoisotopic (exact) mass is 258 g/mol. The molecule has 0 aromatic heterocycles. The van der Waals surface area contributed by atoms with Gasteiger partial charge < -0.3 is 20.0 Å². The molecule has 2 N–H and O–H groups in total. The van der Waals surface area contributed by atoms with Crippen LogP contribution in [-0.2, 0) is 4.79 Å². The third kappa shape index (κ3) is 3.87. The summed E-state index contributed by atoms with van der Waals surface area (Å²) in [7, 11) is 0. The maximum atomic E-state index is 12.3. The van der Waals surface area contributed by atoms with E-state index in [1.807, 2.05) is 0 Å². The Labute approximate surface area is 107 Å². The minimum atomic E-state index is -0.999. The number of amides is 2. The Morgan fingerprint density at radius 1 is 1.33 bits per heavy atom. The highest BCUT2D eigenvalue weighted by Gasteiger charge is 2.31. The fourth-order valence-electron chi connectivity index (χ4n) is 2.03. The van der Waals surface area contributed by atoms with Gasteiger partial charge in [-0.05, 0) is 32.6 Å². The zero-order valence-electron chi connectivity index (χ0n) is 10.8. The molecule has 0 bridgehead atoms. The molecule has 104 valence electrons. The van der Waals surface area contributed by atoms with Crippen molar-refractivity contribution in [2.45, 2.75) is 38.6 Å². The van der Waals surface area contributed by atoms with Crippen molar-refractivity contribution in [3.63, 3.8) is 0 Å². The number of carboxylic acids is 1. The minimum absolute atomic E-state index is 0.0432. The summed E-state index contributed by atoms with van der Waals surface area (Å²) in [6.45, 7) is 2.43. The normalized spacial score (nSPS) is 15.0. The minimum Gasteiger partial charge on any atom is -0.480 e. The molecule has 2 amide bonds. The fraction of sp³-hybridized carbons (Fsp3) is 0.833. The SMILES string of the molecule is CCN(CC(=O)O)C(=O)N(CCCO)C1CCC1. The predicted octanol–water partition coefficient (Wildman–Crippen LogP) is 0.750. The van der Waals surface area contributed by atoms with Crippen molar-refractivity contribution >= 4 is 12.0 Å². The lowest BCUT2D eigenvalue weighted by molar-refractivity contribution is -0.137. The van der Waals surface area contributed by atoms with Gasteiger partial charge in [0.15, 0.2) is 0 Å². The van der Waals surface area contributed by atoms with Gasteiger partial charge >= 0.3 is 12.0 Å². The molecular weight excluding hydrogens is 236 g/mol. The first-order valence-electron chi connectivity index (χ1n) is 6.48. The Hall–Kier alpha value is -1.30. The van der Waals surface area contributed by atoms with E-state index >= 15 is 0 Å². The van der Waals surface area contributed by atoms with E-state index in [1.165, 1.54) is 4.90 Å². The van der Waals surface area contributed by atoms with E-state index in [4.69, 9.17) is 10.2 Å². The lowest BCUT2D eigenvalue weighted by Gasteiger charge is -2.40. The van der Waals surface area contributed by atoms with E-state index in [-0.39, 0.29) is 25.2 Å². The number of hydrogen-bond donors (Lipinski definition) is 2. The number of carboxylic acid groups (broad SMARTS) is 1. The molecule has 0 atom stereocenters. The van der Waals surface area contributed by atoms with Gasteiger partial charge in [-0.25, -0.2) is 4.79 Å². The molecule has 0 heterocycles. The van der Waals surface area contributed by atoms with E-state index < -0.39 is 5.97 Å². The van der Waals surface area contributed by atoms with Gasteiger partial charge in [-0.2, -0.15) is 0 Å². The number of nitrogens with zero attached hydrogens (tertiary/aromatic N) is 2. The van der Waals surface area contributed by atoms with E-state index in [0.29, 0.717) is 19.5 Å². The Bertz CT molecular complexity index is 292. The van der Waals surface area contributed by atoms with Gasteiger partial charge in [0.1, 0.15) is 6.54 Å². The smallest absolute Gasteiger partial charge is 0.323 e. The molecule has 0 aliphatic heterocycles.